The van der Waals surface area contributed by atoms with Crippen LogP contribution in [0.25, 0.3) is 15.9 Å². The standard InChI is InChI=1S/C22H17F3N4O3S/c1-3-32-15-7-8-16-18(11-15)33-21(26-16)27-20(31)19-17(30)9-12(2)29(28-19)14-6-4-5-13(10-14)22(23,24)25/h4-11H,3H2,1-2H3,(H,26,27,31). The maximum Gasteiger partial charge on any atom is 0.416 e. The van der Waals surface area contributed by atoms with Gasteiger partial charge in [0.05, 0.1) is 28.1 Å². The van der Waals surface area contributed by atoms with Crippen molar-refractivity contribution in [3.05, 3.63) is 75.7 Å². The molecule has 0 saturated heterocycles. The Hall–Kier alpha value is -3.73. The number of anilines is 1. The first kappa shape index (κ1) is 22.5. The van der Waals surface area contributed by atoms with E-state index in [1.54, 1.807) is 18.2 Å². The van der Waals surface area contributed by atoms with Crippen LogP contribution in [0.3, 0.4) is 0 Å². The Labute approximate surface area is 189 Å². The molecular weight excluding hydrogens is 457 g/mol. The van der Waals surface area contributed by atoms with Gasteiger partial charge in [-0.3, -0.25) is 14.9 Å². The highest BCUT2D eigenvalue weighted by molar-refractivity contribution is 7.22. The molecule has 4 rings (SSSR count). The first-order valence-corrected chi connectivity index (χ1v) is 10.6. The highest BCUT2D eigenvalue weighted by atomic mass is 32.1. The molecular formula is C22H17F3N4O3S. The van der Waals surface area contributed by atoms with E-state index >= 15 is 0 Å². The summed E-state index contributed by atoms with van der Waals surface area (Å²) < 4.78 is 46.6. The lowest BCUT2D eigenvalue weighted by Crippen LogP contribution is -2.27. The Bertz CT molecular complexity index is 1410. The van der Waals surface area contributed by atoms with Crippen molar-refractivity contribution in [1.29, 1.82) is 0 Å². The van der Waals surface area contributed by atoms with Crippen molar-refractivity contribution in [3.63, 3.8) is 0 Å². The lowest BCUT2D eigenvalue weighted by molar-refractivity contribution is -0.137. The van der Waals surface area contributed by atoms with Crippen molar-refractivity contribution >= 4 is 32.6 Å². The molecule has 0 unspecified atom stereocenters. The normalized spacial score (nSPS) is 11.5. The predicted molar refractivity (Wildman–Crippen MR) is 118 cm³/mol. The van der Waals surface area contributed by atoms with E-state index in [4.69, 9.17) is 4.74 Å². The van der Waals surface area contributed by atoms with E-state index in [1.807, 2.05) is 6.92 Å². The second-order valence-corrected chi connectivity index (χ2v) is 8.02. The number of carbonyl (C=O) groups is 1. The summed E-state index contributed by atoms with van der Waals surface area (Å²) in [6, 6.07) is 10.9. The van der Waals surface area contributed by atoms with Gasteiger partial charge in [0, 0.05) is 11.8 Å². The highest BCUT2D eigenvalue weighted by Gasteiger charge is 2.30. The van der Waals surface area contributed by atoms with Gasteiger partial charge in [-0.1, -0.05) is 17.4 Å². The van der Waals surface area contributed by atoms with Crippen molar-refractivity contribution < 1.29 is 22.7 Å². The number of rotatable bonds is 5. The summed E-state index contributed by atoms with van der Waals surface area (Å²) in [6.07, 6.45) is -4.54. The zero-order chi connectivity index (χ0) is 23.8. The fourth-order valence-electron chi connectivity index (χ4n) is 3.15. The molecule has 33 heavy (non-hydrogen) atoms. The van der Waals surface area contributed by atoms with Gasteiger partial charge in [0.2, 0.25) is 5.43 Å². The number of alkyl halides is 3. The number of aromatic nitrogens is 3. The van der Waals surface area contributed by atoms with Crippen LogP contribution >= 0.6 is 11.3 Å². The molecule has 170 valence electrons. The van der Waals surface area contributed by atoms with Crippen LogP contribution in [0.2, 0.25) is 0 Å². The molecule has 1 N–H and O–H groups in total. The second kappa shape index (κ2) is 8.66. The molecule has 11 heteroatoms. The van der Waals surface area contributed by atoms with Crippen molar-refractivity contribution in [2.24, 2.45) is 0 Å². The maximum atomic E-state index is 13.1. The number of hydrogen-bond acceptors (Lipinski definition) is 6. The van der Waals surface area contributed by atoms with Gasteiger partial charge >= 0.3 is 6.18 Å². The molecule has 0 radical (unpaired) electrons. The molecule has 0 aliphatic heterocycles. The van der Waals surface area contributed by atoms with Gasteiger partial charge < -0.3 is 4.74 Å². The van der Waals surface area contributed by atoms with Crippen LogP contribution in [-0.4, -0.2) is 27.3 Å². The molecule has 0 fully saturated rings. The molecule has 4 aromatic rings. The number of amides is 1. The quantitative estimate of drug-likeness (QED) is 0.448. The van der Waals surface area contributed by atoms with Gasteiger partial charge in [-0.15, -0.1) is 0 Å². The number of fused-ring (bicyclic) bond motifs is 1. The summed E-state index contributed by atoms with van der Waals surface area (Å²) in [7, 11) is 0. The zero-order valence-electron chi connectivity index (χ0n) is 17.4. The Morgan fingerprint density at radius 2 is 1.97 bits per heavy atom. The van der Waals surface area contributed by atoms with E-state index in [-0.39, 0.29) is 16.5 Å². The summed E-state index contributed by atoms with van der Waals surface area (Å²) in [5.74, 6) is -0.152. The highest BCUT2D eigenvalue weighted by Crippen LogP contribution is 2.31. The molecule has 2 heterocycles. The third-order valence-corrected chi connectivity index (χ3v) is 5.57. The molecule has 2 aromatic carbocycles. The number of ether oxygens (including phenoxy) is 1. The fraction of sp³-hybridized carbons (Fsp3) is 0.182. The van der Waals surface area contributed by atoms with Crippen molar-refractivity contribution in [3.8, 4) is 11.4 Å². The average molecular weight is 474 g/mol. The Kier molecular flexibility index (Phi) is 5.90. The Morgan fingerprint density at radius 3 is 2.70 bits per heavy atom. The molecule has 2 aromatic heterocycles. The van der Waals surface area contributed by atoms with Crippen LogP contribution in [0.1, 0.15) is 28.7 Å². The summed E-state index contributed by atoms with van der Waals surface area (Å²) in [4.78, 5) is 29.5. The monoisotopic (exact) mass is 474 g/mol. The van der Waals surface area contributed by atoms with Gasteiger partial charge in [-0.05, 0) is 50.2 Å². The van der Waals surface area contributed by atoms with Crippen LogP contribution in [0.4, 0.5) is 18.3 Å². The minimum Gasteiger partial charge on any atom is -0.494 e. The molecule has 0 aliphatic rings. The largest absolute Gasteiger partial charge is 0.494 e. The molecule has 0 aliphatic carbocycles. The molecule has 7 nitrogen and oxygen atoms in total. The third-order valence-electron chi connectivity index (χ3n) is 4.63. The van der Waals surface area contributed by atoms with Gasteiger partial charge in [-0.25, -0.2) is 9.67 Å². The van der Waals surface area contributed by atoms with E-state index in [0.29, 0.717) is 17.9 Å². The number of aryl methyl sites for hydroxylation is 1. The lowest BCUT2D eigenvalue weighted by atomic mass is 10.2. The predicted octanol–water partition coefficient (Wildman–Crippen LogP) is 4.82. The van der Waals surface area contributed by atoms with Gasteiger partial charge in [0.1, 0.15) is 5.75 Å². The van der Waals surface area contributed by atoms with E-state index in [0.717, 1.165) is 27.6 Å². The minimum atomic E-state index is -4.54. The van der Waals surface area contributed by atoms with Crippen molar-refractivity contribution in [1.82, 2.24) is 14.8 Å². The summed E-state index contributed by atoms with van der Waals surface area (Å²) in [5.41, 5.74) is -1.01. The molecule has 0 saturated carbocycles. The number of carbonyl (C=O) groups excluding carboxylic acids is 1. The SMILES string of the molecule is CCOc1ccc2nc(NC(=O)c3nn(-c4cccc(C(F)(F)F)c4)c(C)cc3=O)sc2c1. The first-order chi connectivity index (χ1) is 15.7. The topological polar surface area (TPSA) is 86.1 Å². The van der Waals surface area contributed by atoms with Gasteiger partial charge in [0.15, 0.2) is 10.8 Å². The van der Waals surface area contributed by atoms with Crippen LogP contribution in [0.15, 0.2) is 53.3 Å². The molecule has 0 atom stereocenters. The first-order valence-electron chi connectivity index (χ1n) is 9.79. The van der Waals surface area contributed by atoms with E-state index in [1.165, 1.54) is 30.4 Å². The van der Waals surface area contributed by atoms with Gasteiger partial charge in [-0.2, -0.15) is 18.3 Å². The summed E-state index contributed by atoms with van der Waals surface area (Å²) in [5, 5.41) is 6.83. The number of halogens is 3. The van der Waals surface area contributed by atoms with Gasteiger partial charge in [0.25, 0.3) is 5.91 Å². The van der Waals surface area contributed by atoms with Crippen molar-refractivity contribution in [2.75, 3.05) is 11.9 Å². The Balaban J connectivity index is 1.66. The Morgan fingerprint density at radius 1 is 1.18 bits per heavy atom. The number of hydrogen-bond donors (Lipinski definition) is 1. The number of nitrogens with zero attached hydrogens (tertiary/aromatic N) is 3. The molecule has 0 spiro atoms. The molecule has 0 bridgehead atoms. The number of thiazole rings is 1. The van der Waals surface area contributed by atoms with E-state index < -0.39 is 28.8 Å². The average Bonchev–Trinajstić information content (AvgIpc) is 3.15. The smallest absolute Gasteiger partial charge is 0.416 e. The maximum absolute atomic E-state index is 13.1. The summed E-state index contributed by atoms with van der Waals surface area (Å²) in [6.45, 7) is 3.88. The summed E-state index contributed by atoms with van der Waals surface area (Å²) >= 11 is 1.19. The third kappa shape index (κ3) is 4.72. The van der Waals surface area contributed by atoms with E-state index in [2.05, 4.69) is 15.4 Å². The van der Waals surface area contributed by atoms with Crippen LogP contribution in [-0.2, 0) is 6.18 Å². The van der Waals surface area contributed by atoms with Crippen LogP contribution in [0, 0.1) is 6.92 Å². The minimum absolute atomic E-state index is 0.0693. The fourth-order valence-corrected chi connectivity index (χ4v) is 4.04. The second-order valence-electron chi connectivity index (χ2n) is 6.99. The zero-order valence-corrected chi connectivity index (χ0v) is 18.3. The lowest BCUT2D eigenvalue weighted by Gasteiger charge is -2.13. The van der Waals surface area contributed by atoms with Crippen molar-refractivity contribution in [2.45, 2.75) is 20.0 Å². The van der Waals surface area contributed by atoms with E-state index in [9.17, 15) is 22.8 Å². The van der Waals surface area contributed by atoms with Crippen LogP contribution in [0.5, 0.6) is 5.75 Å². The number of nitrogens with one attached hydrogen (secondary N) is 1. The van der Waals surface area contributed by atoms with Crippen LogP contribution < -0.4 is 15.5 Å². The number of benzene rings is 2. The molecule has 1 amide bonds.